The summed E-state index contributed by atoms with van der Waals surface area (Å²) in [6.45, 7) is -0.860. The van der Waals surface area contributed by atoms with E-state index in [0.29, 0.717) is 28.5 Å². The summed E-state index contributed by atoms with van der Waals surface area (Å²) in [4.78, 5) is 24.4. The van der Waals surface area contributed by atoms with Crippen LogP contribution >= 0.6 is 7.49 Å². The fourth-order valence-electron chi connectivity index (χ4n) is 4.14. The van der Waals surface area contributed by atoms with Crippen molar-refractivity contribution in [2.24, 2.45) is 0 Å². The molecule has 3 aromatic rings. The van der Waals surface area contributed by atoms with Gasteiger partial charge in [0.1, 0.15) is 0 Å². The molecular weight excluding hydrogens is 433 g/mol. The summed E-state index contributed by atoms with van der Waals surface area (Å²) in [5.41, 5.74) is 1.02. The number of H-pyrrole nitrogens is 1. The Morgan fingerprint density at radius 1 is 1.10 bits per heavy atom. The average Bonchev–Trinajstić information content (AvgIpc) is 2.72. The van der Waals surface area contributed by atoms with Gasteiger partial charge < -0.3 is 0 Å². The Bertz CT molecular complexity index is 1160. The predicted octanol–water partition coefficient (Wildman–Crippen LogP) is 2.81. The second-order valence-corrected chi connectivity index (χ2v) is 11.6. The van der Waals surface area contributed by atoms with Gasteiger partial charge in [0.05, 0.1) is 0 Å². The Hall–Kier alpha value is -2.35. The van der Waals surface area contributed by atoms with Crippen LogP contribution in [0.5, 0.6) is 0 Å². The van der Waals surface area contributed by atoms with Gasteiger partial charge in [-0.1, -0.05) is 0 Å². The second-order valence-electron chi connectivity index (χ2n) is 7.96. The number of benzene rings is 2. The third kappa shape index (κ3) is 4.79. The van der Waals surface area contributed by atoms with Crippen LogP contribution in [0.4, 0.5) is 17.6 Å². The molecule has 0 saturated carbocycles. The SMILES string of the molecule is O=c1[nH]nc(Cc2ccc(F)c([PH]3(O)CCN(CC(F)(F)F)CC3)c2)c2ccccc12. The molecule has 0 spiro atoms. The van der Waals surface area contributed by atoms with Gasteiger partial charge in [-0.05, 0) is 0 Å². The number of aromatic nitrogens is 2. The summed E-state index contributed by atoms with van der Waals surface area (Å²) in [7, 11) is -3.25. The first-order chi connectivity index (χ1) is 14.6. The first kappa shape index (κ1) is 21.9. The van der Waals surface area contributed by atoms with Gasteiger partial charge in [-0.15, -0.1) is 0 Å². The van der Waals surface area contributed by atoms with Gasteiger partial charge in [0.25, 0.3) is 0 Å². The number of fused-ring (bicyclic) bond motifs is 1. The van der Waals surface area contributed by atoms with Crippen molar-refractivity contribution in [1.82, 2.24) is 15.1 Å². The van der Waals surface area contributed by atoms with E-state index in [-0.39, 0.29) is 36.3 Å². The summed E-state index contributed by atoms with van der Waals surface area (Å²) >= 11 is 0. The zero-order chi connectivity index (χ0) is 22.2. The van der Waals surface area contributed by atoms with Crippen molar-refractivity contribution < 1.29 is 22.5 Å². The van der Waals surface area contributed by atoms with Gasteiger partial charge in [0.15, 0.2) is 0 Å². The van der Waals surface area contributed by atoms with E-state index in [1.54, 1.807) is 36.4 Å². The van der Waals surface area contributed by atoms with Crippen LogP contribution in [0.15, 0.2) is 47.3 Å². The fraction of sp³-hybridized carbons (Fsp3) is 0.333. The van der Waals surface area contributed by atoms with E-state index in [4.69, 9.17) is 0 Å². The first-order valence-corrected chi connectivity index (χ1v) is 12.3. The van der Waals surface area contributed by atoms with E-state index >= 15 is 0 Å². The van der Waals surface area contributed by atoms with E-state index in [1.807, 2.05) is 0 Å². The number of alkyl halides is 3. The van der Waals surface area contributed by atoms with E-state index in [0.717, 1.165) is 0 Å². The Labute approximate surface area is 176 Å². The fourth-order valence-corrected chi connectivity index (χ4v) is 7.29. The van der Waals surface area contributed by atoms with Crippen molar-refractivity contribution >= 4 is 23.6 Å². The molecule has 1 aliphatic rings. The summed E-state index contributed by atoms with van der Waals surface area (Å²) in [5, 5.41) is 8.00. The third-order valence-corrected chi connectivity index (χ3v) is 9.25. The maximum atomic E-state index is 14.6. The van der Waals surface area contributed by atoms with Crippen LogP contribution in [-0.4, -0.2) is 58.1 Å². The normalized spacial score (nSPS) is 18.2. The average molecular weight is 455 g/mol. The van der Waals surface area contributed by atoms with Crippen LogP contribution in [0.2, 0.25) is 0 Å². The molecular formula is C21H22F4N3O2P. The van der Waals surface area contributed by atoms with Crippen LogP contribution in [0, 0.1) is 5.82 Å². The molecule has 1 fully saturated rings. The topological polar surface area (TPSA) is 69.2 Å². The van der Waals surface area contributed by atoms with Crippen molar-refractivity contribution in [1.29, 1.82) is 0 Å². The molecule has 2 N–H and O–H groups in total. The summed E-state index contributed by atoms with van der Waals surface area (Å²) in [6, 6.07) is 11.5. The molecule has 0 unspecified atom stereocenters. The zero-order valence-corrected chi connectivity index (χ0v) is 17.5. The van der Waals surface area contributed by atoms with Crippen molar-refractivity contribution in [3.63, 3.8) is 0 Å². The third-order valence-electron chi connectivity index (χ3n) is 5.76. The number of nitrogens with one attached hydrogen (secondary N) is 1. The van der Waals surface area contributed by atoms with Gasteiger partial charge in [-0.25, -0.2) is 0 Å². The molecule has 1 aliphatic heterocycles. The predicted molar refractivity (Wildman–Crippen MR) is 114 cm³/mol. The van der Waals surface area contributed by atoms with Gasteiger partial charge in [-0.3, -0.25) is 0 Å². The van der Waals surface area contributed by atoms with Crippen molar-refractivity contribution in [2.75, 3.05) is 32.0 Å². The molecule has 2 heterocycles. The van der Waals surface area contributed by atoms with Crippen molar-refractivity contribution in [2.45, 2.75) is 12.6 Å². The van der Waals surface area contributed by atoms with Crippen LogP contribution in [0.1, 0.15) is 11.3 Å². The molecule has 1 saturated heterocycles. The van der Waals surface area contributed by atoms with E-state index in [1.165, 1.54) is 11.0 Å². The Balaban J connectivity index is 1.59. The van der Waals surface area contributed by atoms with Crippen LogP contribution in [0.3, 0.4) is 0 Å². The van der Waals surface area contributed by atoms with Gasteiger partial charge >= 0.3 is 176 Å². The van der Waals surface area contributed by atoms with Gasteiger partial charge in [-0.2, -0.15) is 0 Å². The standard InChI is InChI=1S/C21H22F4N3O2P/c22-17-6-5-14(11-18-15-3-1-2-4-16(15)20(29)27-26-18)12-19(17)31(30)9-7-28(8-10-31)13-21(23,24)25/h1-6,12,30-31H,7-11,13H2,(H,27,29). The van der Waals surface area contributed by atoms with Crippen molar-refractivity contribution in [3.05, 3.63) is 69.9 Å². The van der Waals surface area contributed by atoms with Crippen molar-refractivity contribution in [3.8, 4) is 0 Å². The molecule has 10 heteroatoms. The minimum atomic E-state index is -4.30. The molecule has 0 bridgehead atoms. The molecule has 1 aromatic heterocycles. The summed E-state index contributed by atoms with van der Waals surface area (Å²) < 4.78 is 52.5. The van der Waals surface area contributed by atoms with E-state index in [9.17, 15) is 27.2 Å². The van der Waals surface area contributed by atoms with Crippen LogP contribution in [-0.2, 0) is 6.42 Å². The molecule has 5 nitrogen and oxygen atoms in total. The Kier molecular flexibility index (Phi) is 5.85. The molecule has 31 heavy (non-hydrogen) atoms. The van der Waals surface area contributed by atoms with Gasteiger partial charge in [0.2, 0.25) is 0 Å². The quantitative estimate of drug-likeness (QED) is 0.469. The second kappa shape index (κ2) is 8.30. The minimum absolute atomic E-state index is 0.0814. The Morgan fingerprint density at radius 2 is 1.77 bits per heavy atom. The monoisotopic (exact) mass is 455 g/mol. The molecule has 4 rings (SSSR count). The van der Waals surface area contributed by atoms with E-state index in [2.05, 4.69) is 10.2 Å². The number of halogens is 4. The summed E-state index contributed by atoms with van der Waals surface area (Å²) in [6.07, 6.45) is -3.70. The van der Waals surface area contributed by atoms with E-state index < -0.39 is 26.0 Å². The number of rotatable bonds is 4. The molecule has 166 valence electrons. The molecule has 0 amide bonds. The first-order valence-electron chi connectivity index (χ1n) is 9.91. The Morgan fingerprint density at radius 3 is 2.45 bits per heavy atom. The zero-order valence-electron chi connectivity index (χ0n) is 16.5. The number of aromatic amines is 1. The number of nitrogens with zero attached hydrogens (tertiary/aromatic N) is 2. The van der Waals surface area contributed by atoms with Crippen LogP contribution < -0.4 is 10.9 Å². The number of hydrogen-bond acceptors (Lipinski definition) is 4. The molecule has 0 radical (unpaired) electrons. The van der Waals surface area contributed by atoms with Crippen LogP contribution in [0.25, 0.3) is 10.8 Å². The molecule has 0 aliphatic carbocycles. The number of hydrogen-bond donors (Lipinski definition) is 2. The maximum absolute atomic E-state index is 14.6. The summed E-state index contributed by atoms with van der Waals surface area (Å²) in [5.74, 6) is -0.540. The molecule has 0 atom stereocenters. The van der Waals surface area contributed by atoms with Gasteiger partial charge in [0, 0.05) is 0 Å². The molecule has 2 aromatic carbocycles.